The second-order valence-electron chi connectivity index (χ2n) is 3.94. The Hall–Kier alpha value is -2.21. The van der Waals surface area contributed by atoms with Gasteiger partial charge in [0.25, 0.3) is 5.91 Å². The molecule has 1 amide bonds. The number of halogens is 4. The van der Waals surface area contributed by atoms with E-state index in [1.54, 1.807) is 0 Å². The summed E-state index contributed by atoms with van der Waals surface area (Å²) >= 11 is 5.73. The Morgan fingerprint density at radius 1 is 1.10 bits per heavy atom. The number of anilines is 2. The van der Waals surface area contributed by atoms with Gasteiger partial charge >= 0.3 is 0 Å². The number of amides is 1. The van der Waals surface area contributed by atoms with Crippen molar-refractivity contribution in [1.29, 1.82) is 0 Å². The van der Waals surface area contributed by atoms with Crippen LogP contribution in [0.5, 0.6) is 0 Å². The molecule has 0 saturated heterocycles. The molecule has 0 spiro atoms. The zero-order valence-electron chi connectivity index (χ0n) is 9.88. The van der Waals surface area contributed by atoms with E-state index in [4.69, 9.17) is 17.3 Å². The van der Waals surface area contributed by atoms with Crippen molar-refractivity contribution >= 4 is 28.9 Å². The van der Waals surface area contributed by atoms with Gasteiger partial charge in [0.05, 0.1) is 5.56 Å². The normalized spacial score (nSPS) is 10.4. The molecule has 0 bridgehead atoms. The van der Waals surface area contributed by atoms with E-state index >= 15 is 0 Å². The molecule has 0 saturated carbocycles. The average molecular weight is 301 g/mol. The third-order valence-electron chi connectivity index (χ3n) is 2.50. The topological polar surface area (TPSA) is 55.1 Å². The molecule has 0 heterocycles. The van der Waals surface area contributed by atoms with E-state index < -0.39 is 23.4 Å². The van der Waals surface area contributed by atoms with Crippen molar-refractivity contribution in [3.63, 3.8) is 0 Å². The first-order valence-electron chi connectivity index (χ1n) is 5.39. The average Bonchev–Trinajstić information content (AvgIpc) is 2.38. The fraction of sp³-hybridized carbons (Fsp3) is 0. The third kappa shape index (κ3) is 2.85. The van der Waals surface area contributed by atoms with E-state index in [9.17, 15) is 18.0 Å². The molecule has 0 aliphatic carbocycles. The van der Waals surface area contributed by atoms with Gasteiger partial charge in [-0.2, -0.15) is 0 Å². The van der Waals surface area contributed by atoms with Crippen LogP contribution < -0.4 is 11.1 Å². The van der Waals surface area contributed by atoms with Crippen LogP contribution in [0.2, 0.25) is 5.02 Å². The SMILES string of the molecule is Nc1ccc(Cl)cc1C(=O)Nc1cc(F)c(F)c(F)c1. The van der Waals surface area contributed by atoms with Crippen LogP contribution in [0.4, 0.5) is 24.5 Å². The second-order valence-corrected chi connectivity index (χ2v) is 4.38. The maximum absolute atomic E-state index is 13.0. The Kier molecular flexibility index (Phi) is 3.85. The summed E-state index contributed by atoms with van der Waals surface area (Å²) in [5, 5.41) is 2.49. The molecule has 0 fully saturated rings. The standard InChI is InChI=1S/C13H8ClF3N2O/c14-6-1-2-11(18)8(3-6)13(20)19-7-4-9(15)12(17)10(16)5-7/h1-5H,18H2,(H,19,20). The number of nitrogens with one attached hydrogen (secondary N) is 1. The molecule has 0 radical (unpaired) electrons. The van der Waals surface area contributed by atoms with Gasteiger partial charge in [-0.25, -0.2) is 13.2 Å². The van der Waals surface area contributed by atoms with Crippen molar-refractivity contribution in [3.05, 3.63) is 58.4 Å². The quantitative estimate of drug-likeness (QED) is 0.658. The lowest BCUT2D eigenvalue weighted by atomic mass is 10.1. The summed E-state index contributed by atoms with van der Waals surface area (Å²) in [6.45, 7) is 0. The second kappa shape index (κ2) is 5.42. The zero-order valence-corrected chi connectivity index (χ0v) is 10.6. The van der Waals surface area contributed by atoms with Crippen LogP contribution >= 0.6 is 11.6 Å². The first kappa shape index (κ1) is 14.2. The largest absolute Gasteiger partial charge is 0.398 e. The fourth-order valence-electron chi connectivity index (χ4n) is 1.55. The van der Waals surface area contributed by atoms with Crippen molar-refractivity contribution in [3.8, 4) is 0 Å². The maximum Gasteiger partial charge on any atom is 0.257 e. The Morgan fingerprint density at radius 3 is 2.30 bits per heavy atom. The van der Waals surface area contributed by atoms with Crippen molar-refractivity contribution in [1.82, 2.24) is 0 Å². The number of benzene rings is 2. The van der Waals surface area contributed by atoms with Crippen LogP contribution in [0.3, 0.4) is 0 Å². The van der Waals surface area contributed by atoms with Crippen molar-refractivity contribution in [2.75, 3.05) is 11.1 Å². The van der Waals surface area contributed by atoms with Gasteiger partial charge in [-0.15, -0.1) is 0 Å². The molecule has 0 aromatic heterocycles. The Balaban J connectivity index is 2.30. The molecule has 3 N–H and O–H groups in total. The summed E-state index contributed by atoms with van der Waals surface area (Å²) in [5.41, 5.74) is 5.56. The molecule has 104 valence electrons. The number of carbonyl (C=O) groups excluding carboxylic acids is 1. The first-order chi connectivity index (χ1) is 9.38. The molecular weight excluding hydrogens is 293 g/mol. The molecule has 3 nitrogen and oxygen atoms in total. The van der Waals surface area contributed by atoms with Gasteiger partial charge in [0.15, 0.2) is 17.5 Å². The van der Waals surface area contributed by atoms with Gasteiger partial charge in [-0.1, -0.05) is 11.6 Å². The molecule has 2 rings (SSSR count). The fourth-order valence-corrected chi connectivity index (χ4v) is 1.72. The molecule has 20 heavy (non-hydrogen) atoms. The van der Waals surface area contributed by atoms with Gasteiger partial charge in [-0.05, 0) is 18.2 Å². The van der Waals surface area contributed by atoms with Crippen LogP contribution in [-0.2, 0) is 0 Å². The highest BCUT2D eigenvalue weighted by atomic mass is 35.5. The Labute approximate surface area is 117 Å². The van der Waals surface area contributed by atoms with Crippen molar-refractivity contribution in [2.24, 2.45) is 0 Å². The Morgan fingerprint density at radius 2 is 1.70 bits per heavy atom. The van der Waals surface area contributed by atoms with Crippen LogP contribution in [0, 0.1) is 17.5 Å². The lowest BCUT2D eigenvalue weighted by Crippen LogP contribution is -2.14. The van der Waals surface area contributed by atoms with E-state index in [2.05, 4.69) is 5.32 Å². The zero-order chi connectivity index (χ0) is 14.9. The van der Waals surface area contributed by atoms with Crippen LogP contribution in [-0.4, -0.2) is 5.91 Å². The van der Waals surface area contributed by atoms with Crippen molar-refractivity contribution in [2.45, 2.75) is 0 Å². The minimum atomic E-state index is -1.61. The number of hydrogen-bond acceptors (Lipinski definition) is 2. The predicted octanol–water partition coefficient (Wildman–Crippen LogP) is 3.59. The highest BCUT2D eigenvalue weighted by molar-refractivity contribution is 6.31. The van der Waals surface area contributed by atoms with E-state index in [0.29, 0.717) is 12.1 Å². The lowest BCUT2D eigenvalue weighted by Gasteiger charge is -2.08. The summed E-state index contributed by atoms with van der Waals surface area (Å²) < 4.78 is 38.8. The van der Waals surface area contributed by atoms with Gasteiger partial charge < -0.3 is 11.1 Å². The highest BCUT2D eigenvalue weighted by Gasteiger charge is 2.14. The smallest absolute Gasteiger partial charge is 0.257 e. The molecule has 2 aromatic carbocycles. The van der Waals surface area contributed by atoms with Gasteiger partial charge in [0.2, 0.25) is 0 Å². The highest BCUT2D eigenvalue weighted by Crippen LogP contribution is 2.21. The minimum absolute atomic E-state index is 0.0441. The molecule has 0 unspecified atom stereocenters. The molecular formula is C13H8ClF3N2O. The van der Waals surface area contributed by atoms with Crippen LogP contribution in [0.25, 0.3) is 0 Å². The number of nitrogens with two attached hydrogens (primary N) is 1. The van der Waals surface area contributed by atoms with E-state index in [-0.39, 0.29) is 22.0 Å². The van der Waals surface area contributed by atoms with Crippen molar-refractivity contribution < 1.29 is 18.0 Å². The predicted molar refractivity (Wildman–Crippen MR) is 70.1 cm³/mol. The molecule has 2 aromatic rings. The monoisotopic (exact) mass is 300 g/mol. The molecule has 0 aliphatic heterocycles. The first-order valence-corrected chi connectivity index (χ1v) is 5.77. The van der Waals surface area contributed by atoms with Gasteiger partial charge in [0.1, 0.15) is 0 Å². The number of hydrogen-bond donors (Lipinski definition) is 2. The molecule has 0 atom stereocenters. The third-order valence-corrected chi connectivity index (χ3v) is 2.74. The van der Waals surface area contributed by atoms with Gasteiger partial charge in [-0.3, -0.25) is 4.79 Å². The maximum atomic E-state index is 13.0. The van der Waals surface area contributed by atoms with E-state index in [1.165, 1.54) is 18.2 Å². The molecule has 0 aliphatic rings. The summed E-state index contributed by atoms with van der Waals surface area (Å²) in [6, 6.07) is 5.55. The van der Waals surface area contributed by atoms with Gasteiger partial charge in [0, 0.05) is 28.5 Å². The number of nitrogen functional groups attached to an aromatic ring is 1. The molecule has 7 heteroatoms. The van der Waals surface area contributed by atoms with E-state index in [1.807, 2.05) is 0 Å². The number of rotatable bonds is 2. The summed E-state index contributed by atoms with van der Waals surface area (Å²) in [4.78, 5) is 11.9. The lowest BCUT2D eigenvalue weighted by molar-refractivity contribution is 0.102. The summed E-state index contributed by atoms with van der Waals surface area (Å²) in [7, 11) is 0. The van der Waals surface area contributed by atoms with Crippen LogP contribution in [0.15, 0.2) is 30.3 Å². The minimum Gasteiger partial charge on any atom is -0.398 e. The Bertz CT molecular complexity index is 668. The number of carbonyl (C=O) groups is 1. The summed E-state index contributed by atoms with van der Waals surface area (Å²) in [6.07, 6.45) is 0. The summed E-state index contributed by atoms with van der Waals surface area (Å²) in [5.74, 6) is -5.13. The van der Waals surface area contributed by atoms with E-state index in [0.717, 1.165) is 0 Å². The van der Waals surface area contributed by atoms with Crippen LogP contribution in [0.1, 0.15) is 10.4 Å².